The highest BCUT2D eigenvalue weighted by molar-refractivity contribution is 7.80. The lowest BCUT2D eigenvalue weighted by Gasteiger charge is -2.21. The van der Waals surface area contributed by atoms with Crippen molar-refractivity contribution in [3.05, 3.63) is 29.8 Å². The number of hydrogen-bond donors (Lipinski definition) is 0. The maximum atomic E-state index is 11.1. The number of rotatable bonds is 3. The highest BCUT2D eigenvalue weighted by atomic mass is 32.2. The molecule has 1 aromatic rings. The van der Waals surface area contributed by atoms with Gasteiger partial charge in [-0.25, -0.2) is 4.79 Å². The van der Waals surface area contributed by atoms with Crippen LogP contribution in [0.1, 0.15) is 10.4 Å². The fraction of sp³-hybridized carbons (Fsp3) is 0.222. The SMILES string of the molecule is COC(=O)c1ccc(N(C)S(=O)[O-])cc1. The number of hydrogen-bond acceptors (Lipinski definition) is 4. The van der Waals surface area contributed by atoms with Gasteiger partial charge in [-0.15, -0.1) is 0 Å². The molecule has 0 spiro atoms. The summed E-state index contributed by atoms with van der Waals surface area (Å²) in [7, 11) is 2.70. The monoisotopic (exact) mass is 228 g/mol. The lowest BCUT2D eigenvalue weighted by Crippen LogP contribution is -2.19. The van der Waals surface area contributed by atoms with E-state index in [4.69, 9.17) is 0 Å². The van der Waals surface area contributed by atoms with Crippen molar-refractivity contribution in [2.24, 2.45) is 0 Å². The first-order valence-electron chi connectivity index (χ1n) is 4.07. The van der Waals surface area contributed by atoms with Gasteiger partial charge in [0.25, 0.3) is 0 Å². The number of anilines is 1. The summed E-state index contributed by atoms with van der Waals surface area (Å²) in [5.41, 5.74) is 0.863. The van der Waals surface area contributed by atoms with Gasteiger partial charge in [-0.05, 0) is 24.3 Å². The summed E-state index contributed by atoms with van der Waals surface area (Å²) < 4.78 is 26.8. The Bertz CT molecular complexity index is 376. The molecule has 0 heterocycles. The minimum absolute atomic E-state index is 0.381. The van der Waals surface area contributed by atoms with Crippen LogP contribution in [0.5, 0.6) is 0 Å². The predicted octanol–water partition coefficient (Wildman–Crippen LogP) is 0.704. The van der Waals surface area contributed by atoms with Gasteiger partial charge in [0.2, 0.25) is 0 Å². The third kappa shape index (κ3) is 2.77. The first-order chi connectivity index (χ1) is 7.06. The molecule has 15 heavy (non-hydrogen) atoms. The number of ether oxygens (including phenoxy) is 1. The van der Waals surface area contributed by atoms with E-state index < -0.39 is 17.2 Å². The second-order valence-electron chi connectivity index (χ2n) is 2.75. The van der Waals surface area contributed by atoms with Crippen LogP contribution in [0.2, 0.25) is 0 Å². The number of carbonyl (C=O) groups excluding carboxylic acids is 1. The Balaban J connectivity index is 2.90. The molecule has 0 saturated heterocycles. The molecule has 0 aliphatic carbocycles. The summed E-state index contributed by atoms with van der Waals surface area (Å²) in [6, 6.07) is 6.07. The van der Waals surface area contributed by atoms with E-state index in [2.05, 4.69) is 4.74 Å². The van der Waals surface area contributed by atoms with Crippen LogP contribution in [0.15, 0.2) is 24.3 Å². The molecule has 82 valence electrons. The smallest absolute Gasteiger partial charge is 0.337 e. The Hall–Kier alpha value is -1.40. The zero-order chi connectivity index (χ0) is 11.4. The zero-order valence-electron chi connectivity index (χ0n) is 8.30. The van der Waals surface area contributed by atoms with E-state index in [1.54, 1.807) is 0 Å². The highest BCUT2D eigenvalue weighted by Crippen LogP contribution is 2.15. The quantitative estimate of drug-likeness (QED) is 0.564. The third-order valence-corrected chi connectivity index (χ3v) is 2.53. The molecule has 5 nitrogen and oxygen atoms in total. The van der Waals surface area contributed by atoms with Crippen molar-refractivity contribution in [2.75, 3.05) is 18.5 Å². The van der Waals surface area contributed by atoms with Gasteiger partial charge in [0.05, 0.1) is 12.7 Å². The summed E-state index contributed by atoms with van der Waals surface area (Å²) >= 11 is -2.31. The molecule has 1 aromatic carbocycles. The predicted molar refractivity (Wildman–Crippen MR) is 55.1 cm³/mol. The van der Waals surface area contributed by atoms with Crippen LogP contribution in [0.3, 0.4) is 0 Å². The van der Waals surface area contributed by atoms with Crippen LogP contribution >= 0.6 is 0 Å². The molecular formula is C9H10NO4S-. The van der Waals surface area contributed by atoms with Crippen LogP contribution in [0, 0.1) is 0 Å². The molecule has 0 fully saturated rings. The van der Waals surface area contributed by atoms with Crippen LogP contribution < -0.4 is 4.31 Å². The molecule has 0 aliphatic rings. The molecule has 0 saturated carbocycles. The Labute approximate surface area is 90.1 Å². The van der Waals surface area contributed by atoms with Crippen molar-refractivity contribution >= 4 is 22.9 Å². The third-order valence-electron chi connectivity index (χ3n) is 1.88. The maximum Gasteiger partial charge on any atom is 0.337 e. The summed E-state index contributed by atoms with van der Waals surface area (Å²) in [6.07, 6.45) is 0. The van der Waals surface area contributed by atoms with Gasteiger partial charge in [0.15, 0.2) is 0 Å². The average Bonchev–Trinajstić information content (AvgIpc) is 2.27. The molecule has 0 radical (unpaired) electrons. The molecular weight excluding hydrogens is 218 g/mol. The van der Waals surface area contributed by atoms with Crippen molar-refractivity contribution in [2.45, 2.75) is 0 Å². The van der Waals surface area contributed by atoms with E-state index in [-0.39, 0.29) is 0 Å². The number of methoxy groups -OCH3 is 1. The van der Waals surface area contributed by atoms with E-state index in [1.807, 2.05) is 0 Å². The Morgan fingerprint density at radius 2 is 1.93 bits per heavy atom. The second kappa shape index (κ2) is 4.90. The molecule has 6 heteroatoms. The fourth-order valence-electron chi connectivity index (χ4n) is 1.01. The molecule has 1 unspecified atom stereocenters. The van der Waals surface area contributed by atoms with Gasteiger partial charge in [-0.1, -0.05) is 0 Å². The number of carbonyl (C=O) groups is 1. The van der Waals surface area contributed by atoms with Crippen molar-refractivity contribution in [1.29, 1.82) is 0 Å². The first-order valence-corrected chi connectivity index (χ1v) is 5.11. The molecule has 1 atom stereocenters. The lowest BCUT2D eigenvalue weighted by molar-refractivity contribution is 0.0601. The van der Waals surface area contributed by atoms with Crippen molar-refractivity contribution in [3.8, 4) is 0 Å². The van der Waals surface area contributed by atoms with E-state index in [1.165, 1.54) is 38.4 Å². The largest absolute Gasteiger partial charge is 0.755 e. The topological polar surface area (TPSA) is 69.7 Å². The van der Waals surface area contributed by atoms with Gasteiger partial charge < -0.3 is 13.6 Å². The lowest BCUT2D eigenvalue weighted by atomic mass is 10.2. The van der Waals surface area contributed by atoms with Crippen molar-refractivity contribution in [1.82, 2.24) is 0 Å². The molecule has 0 aromatic heterocycles. The van der Waals surface area contributed by atoms with Gasteiger partial charge in [-0.2, -0.15) is 0 Å². The van der Waals surface area contributed by atoms with Crippen LogP contribution in [0.25, 0.3) is 0 Å². The van der Waals surface area contributed by atoms with E-state index in [9.17, 15) is 13.6 Å². The van der Waals surface area contributed by atoms with Gasteiger partial charge in [0, 0.05) is 24.0 Å². The van der Waals surface area contributed by atoms with Gasteiger partial charge in [0.1, 0.15) is 0 Å². The summed E-state index contributed by atoms with van der Waals surface area (Å²) in [5.74, 6) is -0.451. The minimum Gasteiger partial charge on any atom is -0.755 e. The number of benzene rings is 1. The number of esters is 1. The van der Waals surface area contributed by atoms with Crippen molar-refractivity contribution in [3.63, 3.8) is 0 Å². The molecule has 0 N–H and O–H groups in total. The minimum atomic E-state index is -2.31. The second-order valence-corrected chi connectivity index (χ2v) is 3.73. The van der Waals surface area contributed by atoms with Crippen LogP contribution in [0.4, 0.5) is 5.69 Å². The first kappa shape index (κ1) is 11.7. The average molecular weight is 228 g/mol. The fourth-order valence-corrected chi connectivity index (χ4v) is 1.31. The van der Waals surface area contributed by atoms with Crippen molar-refractivity contribution < 1.29 is 18.3 Å². The summed E-state index contributed by atoms with van der Waals surface area (Å²) in [4.78, 5) is 11.1. The Morgan fingerprint density at radius 3 is 2.33 bits per heavy atom. The number of nitrogens with zero attached hydrogens (tertiary/aromatic N) is 1. The zero-order valence-corrected chi connectivity index (χ0v) is 9.11. The highest BCUT2D eigenvalue weighted by Gasteiger charge is 2.06. The van der Waals surface area contributed by atoms with Gasteiger partial charge in [-0.3, -0.25) is 4.21 Å². The van der Waals surface area contributed by atoms with E-state index >= 15 is 0 Å². The maximum absolute atomic E-state index is 11.1. The van der Waals surface area contributed by atoms with E-state index in [0.717, 1.165) is 4.31 Å². The summed E-state index contributed by atoms with van der Waals surface area (Å²) in [6.45, 7) is 0. The van der Waals surface area contributed by atoms with Gasteiger partial charge >= 0.3 is 5.97 Å². The standard InChI is InChI=1S/C9H11NO4S/c1-10(15(12)13)8-5-3-7(4-6-8)9(11)14-2/h3-6H,1-2H3,(H,12,13)/p-1. The molecule has 0 aliphatic heterocycles. The molecule has 0 bridgehead atoms. The Kier molecular flexibility index (Phi) is 3.81. The normalized spacial score (nSPS) is 11.9. The van der Waals surface area contributed by atoms with Crippen LogP contribution in [-0.2, 0) is 16.0 Å². The van der Waals surface area contributed by atoms with Crippen LogP contribution in [-0.4, -0.2) is 28.9 Å². The molecule has 1 rings (SSSR count). The van der Waals surface area contributed by atoms with E-state index in [0.29, 0.717) is 11.3 Å². The molecule has 0 amide bonds. The Morgan fingerprint density at radius 1 is 1.40 bits per heavy atom. The summed E-state index contributed by atoms with van der Waals surface area (Å²) in [5, 5.41) is 0.